The van der Waals surface area contributed by atoms with Crippen LogP contribution in [-0.2, 0) is 6.54 Å². The van der Waals surface area contributed by atoms with Crippen LogP contribution in [0.3, 0.4) is 0 Å². The van der Waals surface area contributed by atoms with Crippen LogP contribution in [0, 0.1) is 0 Å². The minimum atomic E-state index is -0.242. The monoisotopic (exact) mass is 424 g/mol. The van der Waals surface area contributed by atoms with E-state index in [1.54, 1.807) is 25.3 Å². The van der Waals surface area contributed by atoms with Crippen LogP contribution in [0.15, 0.2) is 42.5 Å². The number of hydrogen-bond donors (Lipinski definition) is 1. The lowest BCUT2D eigenvalue weighted by molar-refractivity contribution is 0.102. The van der Waals surface area contributed by atoms with Gasteiger partial charge in [-0.05, 0) is 57.3 Å². The fraction of sp³-hybridized carbons (Fsp3) is 0.417. The number of anilines is 1. The largest absolute Gasteiger partial charge is 0.493 e. The minimum absolute atomic E-state index is 0.0132. The molecule has 0 fully saturated rings. The second-order valence-electron chi connectivity index (χ2n) is 7.59. The van der Waals surface area contributed by atoms with Crippen LogP contribution in [-0.4, -0.2) is 53.2 Å². The van der Waals surface area contributed by atoms with E-state index in [0.29, 0.717) is 23.0 Å². The number of nitrogens with one attached hydrogen (secondary N) is 1. The molecule has 1 amide bonds. The second kappa shape index (κ2) is 10.3. The number of methoxy groups -OCH3 is 1. The van der Waals surface area contributed by atoms with Crippen molar-refractivity contribution >= 4 is 22.9 Å². The Morgan fingerprint density at radius 1 is 1.13 bits per heavy atom. The number of nitrogens with zero attached hydrogens (tertiary/aromatic N) is 3. The molecule has 0 atom stereocenters. The summed E-state index contributed by atoms with van der Waals surface area (Å²) < 4.78 is 13.2. The van der Waals surface area contributed by atoms with Crippen molar-refractivity contribution in [3.8, 4) is 11.5 Å². The maximum atomic E-state index is 13.0. The van der Waals surface area contributed by atoms with Gasteiger partial charge in [-0.3, -0.25) is 10.1 Å². The van der Waals surface area contributed by atoms with Gasteiger partial charge in [0.15, 0.2) is 11.5 Å². The summed E-state index contributed by atoms with van der Waals surface area (Å²) >= 11 is 0. The van der Waals surface area contributed by atoms with E-state index in [1.807, 2.05) is 38.1 Å². The number of carbonyl (C=O) groups excluding carboxylic acids is 1. The Bertz CT molecular complexity index is 1020. The number of para-hydroxylation sites is 2. The molecule has 0 saturated carbocycles. The highest BCUT2D eigenvalue weighted by molar-refractivity contribution is 6.04. The molecule has 0 aliphatic rings. The van der Waals surface area contributed by atoms with E-state index in [9.17, 15) is 4.79 Å². The lowest BCUT2D eigenvalue weighted by Gasteiger charge is -2.19. The van der Waals surface area contributed by atoms with Crippen LogP contribution >= 0.6 is 0 Å². The van der Waals surface area contributed by atoms with E-state index in [4.69, 9.17) is 9.47 Å². The number of carbonyl (C=O) groups is 1. The molecule has 7 nitrogen and oxygen atoms in total. The first-order valence-electron chi connectivity index (χ1n) is 10.8. The van der Waals surface area contributed by atoms with Gasteiger partial charge in [0.2, 0.25) is 5.95 Å². The highest BCUT2D eigenvalue weighted by Gasteiger charge is 2.17. The van der Waals surface area contributed by atoms with E-state index in [2.05, 4.69) is 33.6 Å². The lowest BCUT2D eigenvalue weighted by Crippen LogP contribution is -2.27. The molecule has 1 N–H and O–H groups in total. The first-order valence-corrected chi connectivity index (χ1v) is 10.8. The van der Waals surface area contributed by atoms with E-state index in [1.165, 1.54) is 0 Å². The van der Waals surface area contributed by atoms with E-state index in [-0.39, 0.29) is 12.0 Å². The maximum absolute atomic E-state index is 13.0. The minimum Gasteiger partial charge on any atom is -0.493 e. The molecule has 0 bridgehead atoms. The fourth-order valence-corrected chi connectivity index (χ4v) is 3.51. The number of amides is 1. The van der Waals surface area contributed by atoms with Crippen molar-refractivity contribution in [2.75, 3.05) is 32.1 Å². The molecule has 166 valence electrons. The number of hydrogen-bond acceptors (Lipinski definition) is 5. The van der Waals surface area contributed by atoms with Crippen LogP contribution in [0.5, 0.6) is 11.5 Å². The van der Waals surface area contributed by atoms with Crippen molar-refractivity contribution in [2.24, 2.45) is 0 Å². The SMILES string of the molecule is CCN(CC)CCn1c(NC(=O)c2ccc(OC(C)C)c(OC)c2)nc2ccccc21. The topological polar surface area (TPSA) is 68.6 Å². The Balaban J connectivity index is 1.87. The third-order valence-electron chi connectivity index (χ3n) is 5.20. The van der Waals surface area contributed by atoms with Gasteiger partial charge in [0.05, 0.1) is 24.2 Å². The highest BCUT2D eigenvalue weighted by atomic mass is 16.5. The number of benzene rings is 2. The van der Waals surface area contributed by atoms with Gasteiger partial charge >= 0.3 is 0 Å². The van der Waals surface area contributed by atoms with Gasteiger partial charge in [-0.2, -0.15) is 0 Å². The van der Waals surface area contributed by atoms with Crippen LogP contribution in [0.4, 0.5) is 5.95 Å². The summed E-state index contributed by atoms with van der Waals surface area (Å²) in [5, 5.41) is 2.99. The van der Waals surface area contributed by atoms with Crippen LogP contribution in [0.25, 0.3) is 11.0 Å². The van der Waals surface area contributed by atoms with Crippen molar-refractivity contribution < 1.29 is 14.3 Å². The van der Waals surface area contributed by atoms with Gasteiger partial charge in [-0.15, -0.1) is 0 Å². The molecule has 7 heteroatoms. The zero-order valence-electron chi connectivity index (χ0n) is 19.0. The summed E-state index contributed by atoms with van der Waals surface area (Å²) in [5.41, 5.74) is 2.34. The Kier molecular flexibility index (Phi) is 7.52. The fourth-order valence-electron chi connectivity index (χ4n) is 3.51. The number of likely N-dealkylation sites (N-methyl/N-ethyl adjacent to an activating group) is 1. The quantitative estimate of drug-likeness (QED) is 0.522. The Morgan fingerprint density at radius 2 is 1.87 bits per heavy atom. The average Bonchev–Trinajstić information content (AvgIpc) is 3.11. The molecule has 0 aliphatic heterocycles. The van der Waals surface area contributed by atoms with Crippen LogP contribution in [0.2, 0.25) is 0 Å². The van der Waals surface area contributed by atoms with Gasteiger partial charge in [-0.1, -0.05) is 26.0 Å². The number of aromatic nitrogens is 2. The van der Waals surface area contributed by atoms with Gasteiger partial charge in [0.25, 0.3) is 5.91 Å². The molecule has 0 aliphatic carbocycles. The third-order valence-corrected chi connectivity index (χ3v) is 5.20. The van der Waals surface area contributed by atoms with Crippen molar-refractivity contribution in [1.82, 2.24) is 14.5 Å². The Hall–Kier alpha value is -3.06. The van der Waals surface area contributed by atoms with Gasteiger partial charge in [-0.25, -0.2) is 4.98 Å². The molecule has 31 heavy (non-hydrogen) atoms. The summed E-state index contributed by atoms with van der Waals surface area (Å²) in [7, 11) is 1.57. The van der Waals surface area contributed by atoms with E-state index >= 15 is 0 Å². The Morgan fingerprint density at radius 3 is 2.55 bits per heavy atom. The molecule has 1 aromatic heterocycles. The summed E-state index contributed by atoms with van der Waals surface area (Å²) in [6, 6.07) is 13.1. The number of rotatable bonds is 10. The standard InChI is InChI=1S/C24H32N4O3/c1-6-27(7-2)14-15-28-20-11-9-8-10-19(20)25-24(28)26-23(29)18-12-13-21(31-17(3)4)22(16-18)30-5/h8-13,16-17H,6-7,14-15H2,1-5H3,(H,25,26,29). The molecule has 1 heterocycles. The number of fused-ring (bicyclic) bond motifs is 1. The average molecular weight is 425 g/mol. The summed E-state index contributed by atoms with van der Waals surface area (Å²) in [6.07, 6.45) is 0.0132. The van der Waals surface area contributed by atoms with Crippen molar-refractivity contribution in [3.63, 3.8) is 0 Å². The first-order chi connectivity index (χ1) is 15.0. The molecule has 3 rings (SSSR count). The Labute approximate surface area is 184 Å². The maximum Gasteiger partial charge on any atom is 0.258 e. The smallest absolute Gasteiger partial charge is 0.258 e. The van der Waals surface area contributed by atoms with Gasteiger partial charge in [0.1, 0.15) is 0 Å². The normalized spacial score (nSPS) is 11.3. The summed E-state index contributed by atoms with van der Waals surface area (Å²) in [5.74, 6) is 1.44. The third kappa shape index (κ3) is 5.35. The molecule has 3 aromatic rings. The molecule has 0 spiro atoms. The van der Waals surface area contributed by atoms with Gasteiger partial charge in [0, 0.05) is 18.7 Å². The zero-order valence-corrected chi connectivity index (χ0v) is 19.0. The molecule has 0 saturated heterocycles. The van der Waals surface area contributed by atoms with E-state index < -0.39 is 0 Å². The van der Waals surface area contributed by atoms with Crippen LogP contribution < -0.4 is 14.8 Å². The molecule has 2 aromatic carbocycles. The predicted molar refractivity (Wildman–Crippen MR) is 124 cm³/mol. The highest BCUT2D eigenvalue weighted by Crippen LogP contribution is 2.29. The lowest BCUT2D eigenvalue weighted by atomic mass is 10.2. The van der Waals surface area contributed by atoms with E-state index in [0.717, 1.165) is 37.2 Å². The number of ether oxygens (including phenoxy) is 2. The number of imidazole rings is 1. The zero-order chi connectivity index (χ0) is 22.4. The van der Waals surface area contributed by atoms with Crippen molar-refractivity contribution in [1.29, 1.82) is 0 Å². The predicted octanol–water partition coefficient (Wildman–Crippen LogP) is 4.43. The molecular weight excluding hydrogens is 392 g/mol. The van der Waals surface area contributed by atoms with Crippen molar-refractivity contribution in [2.45, 2.75) is 40.3 Å². The van der Waals surface area contributed by atoms with Crippen LogP contribution in [0.1, 0.15) is 38.1 Å². The molecular formula is C24H32N4O3. The summed E-state index contributed by atoms with van der Waals surface area (Å²) in [6.45, 7) is 11.8. The second-order valence-corrected chi connectivity index (χ2v) is 7.59. The molecule has 0 radical (unpaired) electrons. The summed E-state index contributed by atoms with van der Waals surface area (Å²) in [4.78, 5) is 20.0. The van der Waals surface area contributed by atoms with Gasteiger partial charge < -0.3 is 18.9 Å². The first kappa shape index (κ1) is 22.6. The molecule has 0 unspecified atom stereocenters. The van der Waals surface area contributed by atoms with Crippen molar-refractivity contribution in [3.05, 3.63) is 48.0 Å².